The molecule has 5 heteroatoms. The fourth-order valence-electron chi connectivity index (χ4n) is 1.38. The van der Waals surface area contributed by atoms with Gasteiger partial charge in [-0.25, -0.2) is 0 Å². The summed E-state index contributed by atoms with van der Waals surface area (Å²) in [5.41, 5.74) is 8.29. The van der Waals surface area contributed by atoms with Gasteiger partial charge in [-0.15, -0.1) is 0 Å². The second-order valence-electron chi connectivity index (χ2n) is 3.48. The Labute approximate surface area is 121 Å². The quantitative estimate of drug-likeness (QED) is 0.708. The number of nitrogens with two attached hydrogens (primary N) is 1. The molecule has 2 rings (SSSR count). The number of hydrogen-bond donors (Lipinski definition) is 2. The van der Waals surface area contributed by atoms with Gasteiger partial charge in [-0.05, 0) is 52.3 Å². The monoisotopic (exact) mass is 374 g/mol. The summed E-state index contributed by atoms with van der Waals surface area (Å²) in [6.45, 7) is 0. The highest BCUT2D eigenvalue weighted by atomic mass is 79.9. The van der Waals surface area contributed by atoms with E-state index in [2.05, 4.69) is 37.2 Å². The number of benzene rings is 2. The van der Waals surface area contributed by atoms with Crippen LogP contribution in [0.4, 0.5) is 17.1 Å². The first-order chi connectivity index (χ1) is 8.06. The molecular formula is C12H9Br2ClN2. The van der Waals surface area contributed by atoms with Crippen LogP contribution >= 0.6 is 43.5 Å². The molecule has 0 unspecified atom stereocenters. The number of hydrogen-bond acceptors (Lipinski definition) is 2. The first kappa shape index (κ1) is 12.7. The Hall–Kier alpha value is -0.710. The van der Waals surface area contributed by atoms with Gasteiger partial charge >= 0.3 is 0 Å². The molecule has 2 aromatic carbocycles. The van der Waals surface area contributed by atoms with E-state index in [1.807, 2.05) is 36.4 Å². The molecule has 0 aromatic heterocycles. The average Bonchev–Trinajstić information content (AvgIpc) is 2.28. The van der Waals surface area contributed by atoms with Crippen LogP contribution in [-0.2, 0) is 0 Å². The summed E-state index contributed by atoms with van der Waals surface area (Å²) < 4.78 is 1.90. The molecule has 0 amide bonds. The first-order valence-electron chi connectivity index (χ1n) is 4.83. The molecule has 0 saturated carbocycles. The average molecular weight is 376 g/mol. The molecule has 2 nitrogen and oxygen atoms in total. The van der Waals surface area contributed by atoms with Crippen molar-refractivity contribution in [2.75, 3.05) is 11.1 Å². The molecule has 0 heterocycles. The van der Waals surface area contributed by atoms with E-state index < -0.39 is 0 Å². The Kier molecular flexibility index (Phi) is 3.97. The van der Waals surface area contributed by atoms with E-state index in [1.54, 1.807) is 0 Å². The lowest BCUT2D eigenvalue weighted by Crippen LogP contribution is -1.96. The van der Waals surface area contributed by atoms with Gasteiger partial charge in [0, 0.05) is 14.0 Å². The van der Waals surface area contributed by atoms with Crippen molar-refractivity contribution < 1.29 is 0 Å². The Balaban J connectivity index is 2.37. The van der Waals surface area contributed by atoms with Gasteiger partial charge in [0.1, 0.15) is 0 Å². The zero-order valence-electron chi connectivity index (χ0n) is 8.68. The molecule has 0 saturated heterocycles. The van der Waals surface area contributed by atoms with Gasteiger partial charge in [-0.1, -0.05) is 27.5 Å². The van der Waals surface area contributed by atoms with Crippen molar-refractivity contribution in [3.63, 3.8) is 0 Å². The van der Waals surface area contributed by atoms with Crippen LogP contribution in [0.5, 0.6) is 0 Å². The second kappa shape index (κ2) is 5.29. The lowest BCUT2D eigenvalue weighted by Gasteiger charge is -2.11. The molecule has 0 fully saturated rings. The van der Waals surface area contributed by atoms with Gasteiger partial charge in [-0.2, -0.15) is 0 Å². The van der Waals surface area contributed by atoms with Crippen LogP contribution in [0.25, 0.3) is 0 Å². The molecule has 0 aliphatic heterocycles. The summed E-state index contributed by atoms with van der Waals surface area (Å²) in [5.74, 6) is 0. The summed E-state index contributed by atoms with van der Waals surface area (Å²) in [6, 6.07) is 11.2. The summed E-state index contributed by atoms with van der Waals surface area (Å²) in [7, 11) is 0. The minimum absolute atomic E-state index is 0.671. The van der Waals surface area contributed by atoms with Crippen LogP contribution in [0.1, 0.15) is 0 Å². The fraction of sp³-hybridized carbons (Fsp3) is 0. The number of rotatable bonds is 2. The molecule has 88 valence electrons. The van der Waals surface area contributed by atoms with Crippen molar-refractivity contribution in [1.29, 1.82) is 0 Å². The van der Waals surface area contributed by atoms with E-state index >= 15 is 0 Å². The predicted octanol–water partition coefficient (Wildman–Crippen LogP) is 5.19. The van der Waals surface area contributed by atoms with E-state index in [4.69, 9.17) is 17.3 Å². The van der Waals surface area contributed by atoms with Gasteiger partial charge in [0.2, 0.25) is 0 Å². The number of anilines is 3. The molecule has 0 aliphatic rings. The Morgan fingerprint density at radius 1 is 1.00 bits per heavy atom. The lowest BCUT2D eigenvalue weighted by atomic mass is 10.2. The summed E-state index contributed by atoms with van der Waals surface area (Å²) in [4.78, 5) is 0. The molecule has 2 aromatic rings. The van der Waals surface area contributed by atoms with Crippen molar-refractivity contribution in [3.05, 3.63) is 50.4 Å². The first-order valence-corrected chi connectivity index (χ1v) is 6.80. The maximum absolute atomic E-state index is 5.95. The summed E-state index contributed by atoms with van der Waals surface area (Å²) in [6.07, 6.45) is 0. The van der Waals surface area contributed by atoms with Gasteiger partial charge in [0.15, 0.2) is 0 Å². The molecule has 0 spiro atoms. The number of halogens is 3. The van der Waals surface area contributed by atoms with Gasteiger partial charge in [-0.3, -0.25) is 0 Å². The Bertz CT molecular complexity index is 509. The van der Waals surface area contributed by atoms with E-state index in [9.17, 15) is 0 Å². The van der Waals surface area contributed by atoms with Crippen LogP contribution in [0.2, 0.25) is 5.02 Å². The third kappa shape index (κ3) is 3.15. The minimum Gasteiger partial charge on any atom is -0.397 e. The third-order valence-electron chi connectivity index (χ3n) is 2.21. The third-order valence-corrected chi connectivity index (χ3v) is 3.63. The predicted molar refractivity (Wildman–Crippen MR) is 81.0 cm³/mol. The van der Waals surface area contributed by atoms with Crippen LogP contribution in [0.15, 0.2) is 45.3 Å². The number of nitrogens with one attached hydrogen (secondary N) is 1. The Morgan fingerprint density at radius 3 is 2.53 bits per heavy atom. The zero-order valence-corrected chi connectivity index (χ0v) is 12.6. The standard InChI is InChI=1S/C12H9Br2ClN2/c13-7-1-4-10(16)12(5-7)17-11-6-8(15)2-3-9(11)14/h1-6,17H,16H2. The van der Waals surface area contributed by atoms with E-state index in [0.717, 1.165) is 20.3 Å². The highest BCUT2D eigenvalue weighted by Crippen LogP contribution is 2.32. The molecule has 17 heavy (non-hydrogen) atoms. The van der Waals surface area contributed by atoms with Crippen molar-refractivity contribution in [2.24, 2.45) is 0 Å². The van der Waals surface area contributed by atoms with Crippen LogP contribution in [-0.4, -0.2) is 0 Å². The second-order valence-corrected chi connectivity index (χ2v) is 5.69. The smallest absolute Gasteiger partial charge is 0.0629 e. The van der Waals surface area contributed by atoms with Crippen molar-refractivity contribution in [1.82, 2.24) is 0 Å². The normalized spacial score (nSPS) is 10.3. The summed E-state index contributed by atoms with van der Waals surface area (Å²) >= 11 is 12.8. The Morgan fingerprint density at radius 2 is 1.76 bits per heavy atom. The minimum atomic E-state index is 0.671. The number of nitrogen functional groups attached to an aromatic ring is 1. The van der Waals surface area contributed by atoms with Crippen molar-refractivity contribution >= 4 is 60.5 Å². The zero-order chi connectivity index (χ0) is 12.4. The van der Waals surface area contributed by atoms with E-state index in [1.165, 1.54) is 0 Å². The molecule has 0 bridgehead atoms. The van der Waals surface area contributed by atoms with E-state index in [0.29, 0.717) is 10.7 Å². The van der Waals surface area contributed by atoms with Crippen LogP contribution in [0.3, 0.4) is 0 Å². The van der Waals surface area contributed by atoms with Crippen LogP contribution in [0, 0.1) is 0 Å². The van der Waals surface area contributed by atoms with Gasteiger partial charge < -0.3 is 11.1 Å². The van der Waals surface area contributed by atoms with Crippen molar-refractivity contribution in [2.45, 2.75) is 0 Å². The molecule has 0 atom stereocenters. The molecular weight excluding hydrogens is 367 g/mol. The van der Waals surface area contributed by atoms with Gasteiger partial charge in [0.25, 0.3) is 0 Å². The lowest BCUT2D eigenvalue weighted by molar-refractivity contribution is 1.51. The molecule has 0 aliphatic carbocycles. The maximum Gasteiger partial charge on any atom is 0.0629 e. The summed E-state index contributed by atoms with van der Waals surface area (Å²) in [5, 5.41) is 3.91. The van der Waals surface area contributed by atoms with E-state index in [-0.39, 0.29) is 0 Å². The highest BCUT2D eigenvalue weighted by molar-refractivity contribution is 9.10. The van der Waals surface area contributed by atoms with Crippen LogP contribution < -0.4 is 11.1 Å². The largest absolute Gasteiger partial charge is 0.397 e. The maximum atomic E-state index is 5.95. The molecule has 3 N–H and O–H groups in total. The van der Waals surface area contributed by atoms with Crippen molar-refractivity contribution in [3.8, 4) is 0 Å². The topological polar surface area (TPSA) is 38.0 Å². The highest BCUT2D eigenvalue weighted by Gasteiger charge is 2.04. The molecule has 0 radical (unpaired) electrons. The SMILES string of the molecule is Nc1ccc(Br)cc1Nc1cc(Cl)ccc1Br. The van der Waals surface area contributed by atoms with Gasteiger partial charge in [0.05, 0.1) is 17.1 Å². The fourth-order valence-corrected chi connectivity index (χ4v) is 2.25.